The van der Waals surface area contributed by atoms with Gasteiger partial charge in [-0.2, -0.15) is 0 Å². The van der Waals surface area contributed by atoms with Crippen LogP contribution in [-0.2, 0) is 11.2 Å². The summed E-state index contributed by atoms with van der Waals surface area (Å²) in [6.45, 7) is 1.97. The monoisotopic (exact) mass is 225 g/mol. The summed E-state index contributed by atoms with van der Waals surface area (Å²) in [7, 11) is 4.88. The lowest BCUT2D eigenvalue weighted by Gasteiger charge is -2.15. The van der Waals surface area contributed by atoms with Gasteiger partial charge in [0.15, 0.2) is 0 Å². The molecule has 90 valence electrons. The van der Waals surface area contributed by atoms with Crippen molar-refractivity contribution in [3.63, 3.8) is 0 Å². The molecule has 0 aliphatic heterocycles. The highest BCUT2D eigenvalue weighted by Gasteiger charge is 2.11. The van der Waals surface area contributed by atoms with Crippen LogP contribution in [0.1, 0.15) is 11.1 Å². The van der Waals surface area contributed by atoms with Crippen LogP contribution < -0.4 is 15.2 Å². The van der Waals surface area contributed by atoms with E-state index in [1.807, 2.05) is 19.1 Å². The van der Waals surface area contributed by atoms with Crippen LogP contribution in [0.2, 0.25) is 0 Å². The van der Waals surface area contributed by atoms with Gasteiger partial charge in [-0.25, -0.2) is 0 Å². The molecule has 0 aliphatic rings. The van der Waals surface area contributed by atoms with Crippen LogP contribution in [0.3, 0.4) is 0 Å². The predicted molar refractivity (Wildman–Crippen MR) is 63.0 cm³/mol. The Kier molecular flexibility index (Phi) is 4.58. The van der Waals surface area contributed by atoms with E-state index in [1.165, 1.54) is 0 Å². The lowest BCUT2D eigenvalue weighted by molar-refractivity contribution is 0.108. The van der Waals surface area contributed by atoms with Gasteiger partial charge in [0.25, 0.3) is 0 Å². The molecule has 0 aromatic heterocycles. The van der Waals surface area contributed by atoms with E-state index in [4.69, 9.17) is 19.9 Å². The minimum atomic E-state index is -0.332. The molecule has 0 saturated carbocycles. The number of hydrogen-bond acceptors (Lipinski definition) is 4. The smallest absolute Gasteiger partial charge is 0.122 e. The molecule has 1 unspecified atom stereocenters. The van der Waals surface area contributed by atoms with Crippen molar-refractivity contribution in [1.82, 2.24) is 0 Å². The number of rotatable bonds is 5. The van der Waals surface area contributed by atoms with Gasteiger partial charge in [-0.1, -0.05) is 0 Å². The maximum atomic E-state index is 5.74. The number of benzene rings is 1. The summed E-state index contributed by atoms with van der Waals surface area (Å²) in [5.74, 6) is 1.64. The molecule has 1 aromatic rings. The van der Waals surface area contributed by atoms with E-state index in [-0.39, 0.29) is 6.23 Å². The van der Waals surface area contributed by atoms with Crippen molar-refractivity contribution in [2.45, 2.75) is 19.6 Å². The van der Waals surface area contributed by atoms with Crippen LogP contribution in [0.4, 0.5) is 0 Å². The van der Waals surface area contributed by atoms with E-state index in [9.17, 15) is 0 Å². The van der Waals surface area contributed by atoms with Gasteiger partial charge in [0.2, 0.25) is 0 Å². The first-order valence-corrected chi connectivity index (χ1v) is 5.12. The molecule has 0 fully saturated rings. The van der Waals surface area contributed by atoms with Crippen molar-refractivity contribution >= 4 is 0 Å². The molecule has 0 radical (unpaired) electrons. The standard InChI is InChI=1S/C12H19NO3/c1-8-5-11(15-3)9(6-10(8)14-2)7-12(13)16-4/h5-6,12H,7,13H2,1-4H3. The molecule has 0 saturated heterocycles. The predicted octanol–water partition coefficient (Wildman–Crippen LogP) is 1.49. The van der Waals surface area contributed by atoms with Gasteiger partial charge in [-0.3, -0.25) is 0 Å². The highest BCUT2D eigenvalue weighted by atomic mass is 16.5. The van der Waals surface area contributed by atoms with Crippen molar-refractivity contribution in [1.29, 1.82) is 0 Å². The third-order valence-electron chi connectivity index (χ3n) is 2.52. The van der Waals surface area contributed by atoms with Crippen molar-refractivity contribution < 1.29 is 14.2 Å². The van der Waals surface area contributed by atoms with Crippen molar-refractivity contribution in [3.8, 4) is 11.5 Å². The van der Waals surface area contributed by atoms with Crippen LogP contribution in [0.25, 0.3) is 0 Å². The van der Waals surface area contributed by atoms with Gasteiger partial charge < -0.3 is 19.9 Å². The number of nitrogens with two attached hydrogens (primary N) is 1. The quantitative estimate of drug-likeness (QED) is 0.771. The Balaban J connectivity index is 3.04. The maximum absolute atomic E-state index is 5.74. The molecule has 2 N–H and O–H groups in total. The second kappa shape index (κ2) is 5.72. The van der Waals surface area contributed by atoms with E-state index in [2.05, 4.69) is 0 Å². The van der Waals surface area contributed by atoms with Crippen LogP contribution in [0.15, 0.2) is 12.1 Å². The van der Waals surface area contributed by atoms with Gasteiger partial charge in [0.05, 0.1) is 14.2 Å². The Morgan fingerprint density at radius 3 is 2.25 bits per heavy atom. The van der Waals surface area contributed by atoms with E-state index in [0.717, 1.165) is 22.6 Å². The van der Waals surface area contributed by atoms with Gasteiger partial charge in [-0.15, -0.1) is 0 Å². The molecular formula is C12H19NO3. The molecule has 4 nitrogen and oxygen atoms in total. The first kappa shape index (κ1) is 12.8. The van der Waals surface area contributed by atoms with Crippen LogP contribution >= 0.6 is 0 Å². The van der Waals surface area contributed by atoms with Crippen LogP contribution in [0, 0.1) is 6.92 Å². The lowest BCUT2D eigenvalue weighted by Crippen LogP contribution is -2.24. The molecule has 1 aromatic carbocycles. The average Bonchev–Trinajstić information content (AvgIpc) is 2.30. The maximum Gasteiger partial charge on any atom is 0.122 e. The topological polar surface area (TPSA) is 53.7 Å². The summed E-state index contributed by atoms with van der Waals surface area (Å²) < 4.78 is 15.6. The van der Waals surface area contributed by atoms with Crippen molar-refractivity contribution in [2.75, 3.05) is 21.3 Å². The summed E-state index contributed by atoms with van der Waals surface area (Å²) in [6.07, 6.45) is 0.261. The van der Waals surface area contributed by atoms with Crippen LogP contribution in [0.5, 0.6) is 11.5 Å². The summed E-state index contributed by atoms with van der Waals surface area (Å²) >= 11 is 0. The Bertz CT molecular complexity index is 352. The summed E-state index contributed by atoms with van der Waals surface area (Å²) in [4.78, 5) is 0. The van der Waals surface area contributed by atoms with Gasteiger partial charge in [-0.05, 0) is 24.6 Å². The zero-order chi connectivity index (χ0) is 12.1. The molecule has 0 heterocycles. The number of aryl methyl sites for hydroxylation is 1. The molecule has 0 spiro atoms. The average molecular weight is 225 g/mol. The number of methoxy groups -OCH3 is 3. The Morgan fingerprint density at radius 2 is 1.75 bits per heavy atom. The van der Waals surface area contributed by atoms with E-state index in [1.54, 1.807) is 21.3 Å². The van der Waals surface area contributed by atoms with E-state index < -0.39 is 0 Å². The summed E-state index contributed by atoms with van der Waals surface area (Å²) in [5.41, 5.74) is 7.76. The summed E-state index contributed by atoms with van der Waals surface area (Å²) in [5, 5.41) is 0. The van der Waals surface area contributed by atoms with Crippen LogP contribution in [-0.4, -0.2) is 27.6 Å². The fraction of sp³-hybridized carbons (Fsp3) is 0.500. The molecule has 0 bridgehead atoms. The SMILES string of the molecule is COc1cc(CC(N)OC)c(OC)cc1C. The molecule has 4 heteroatoms. The fourth-order valence-electron chi connectivity index (χ4n) is 1.57. The van der Waals surface area contributed by atoms with Gasteiger partial charge in [0.1, 0.15) is 17.7 Å². The lowest BCUT2D eigenvalue weighted by atomic mass is 10.1. The minimum Gasteiger partial charge on any atom is -0.496 e. The zero-order valence-electron chi connectivity index (χ0n) is 10.2. The number of ether oxygens (including phenoxy) is 3. The highest BCUT2D eigenvalue weighted by molar-refractivity contribution is 5.46. The summed E-state index contributed by atoms with van der Waals surface area (Å²) in [6, 6.07) is 3.88. The highest BCUT2D eigenvalue weighted by Crippen LogP contribution is 2.28. The Hall–Kier alpha value is -1.26. The second-order valence-corrected chi connectivity index (χ2v) is 3.61. The Labute approximate surface area is 96.3 Å². The molecular weight excluding hydrogens is 206 g/mol. The van der Waals surface area contributed by atoms with E-state index >= 15 is 0 Å². The fourth-order valence-corrected chi connectivity index (χ4v) is 1.57. The van der Waals surface area contributed by atoms with Gasteiger partial charge >= 0.3 is 0 Å². The third kappa shape index (κ3) is 2.87. The molecule has 0 aliphatic carbocycles. The third-order valence-corrected chi connectivity index (χ3v) is 2.52. The van der Waals surface area contributed by atoms with E-state index in [0.29, 0.717) is 6.42 Å². The first-order chi connectivity index (χ1) is 7.62. The zero-order valence-corrected chi connectivity index (χ0v) is 10.2. The van der Waals surface area contributed by atoms with Gasteiger partial charge in [0, 0.05) is 19.1 Å². The minimum absolute atomic E-state index is 0.332. The molecule has 1 rings (SSSR count). The Morgan fingerprint density at radius 1 is 1.12 bits per heavy atom. The normalized spacial score (nSPS) is 12.3. The van der Waals surface area contributed by atoms with Crippen molar-refractivity contribution in [3.05, 3.63) is 23.3 Å². The first-order valence-electron chi connectivity index (χ1n) is 5.12. The molecule has 0 amide bonds. The van der Waals surface area contributed by atoms with Crippen molar-refractivity contribution in [2.24, 2.45) is 5.73 Å². The molecule has 1 atom stereocenters. The largest absolute Gasteiger partial charge is 0.496 e. The second-order valence-electron chi connectivity index (χ2n) is 3.61. The molecule has 16 heavy (non-hydrogen) atoms. The number of hydrogen-bond donors (Lipinski definition) is 1.